The summed E-state index contributed by atoms with van der Waals surface area (Å²) in [5.74, 6) is 0. The Morgan fingerprint density at radius 2 is 2.43 bits per heavy atom. The molecule has 0 aromatic heterocycles. The molecule has 0 radical (unpaired) electrons. The van der Waals surface area contributed by atoms with Crippen molar-refractivity contribution in [1.29, 1.82) is 0 Å². The van der Waals surface area contributed by atoms with Gasteiger partial charge in [-0.2, -0.15) is 10.1 Å². The zero-order chi connectivity index (χ0) is 10.6. The molecule has 0 bridgehead atoms. The molecule has 0 aromatic carbocycles. The minimum atomic E-state index is -0.347. The molecule has 14 heavy (non-hydrogen) atoms. The average Bonchev–Trinajstić information content (AvgIpc) is 2.61. The molecule has 0 saturated carbocycles. The number of carbonyl (C=O) groups excluding carboxylic acids is 1. The predicted octanol–water partition coefficient (Wildman–Crippen LogP) is 2.38. The van der Waals surface area contributed by atoms with Gasteiger partial charge in [0.15, 0.2) is 0 Å². The maximum Gasteiger partial charge on any atom is 0.430 e. The van der Waals surface area contributed by atoms with Gasteiger partial charge in [-0.25, -0.2) is 4.79 Å². The molecular formula is C9H15BrN2O2. The lowest BCUT2D eigenvalue weighted by Crippen LogP contribution is -2.34. The van der Waals surface area contributed by atoms with Crippen LogP contribution in [-0.2, 0) is 4.74 Å². The van der Waals surface area contributed by atoms with Crippen molar-refractivity contribution in [2.75, 3.05) is 11.9 Å². The van der Waals surface area contributed by atoms with E-state index in [1.165, 1.54) is 5.01 Å². The minimum absolute atomic E-state index is 0.115. The number of halogens is 1. The summed E-state index contributed by atoms with van der Waals surface area (Å²) in [5.41, 5.74) is 1.06. The average molecular weight is 263 g/mol. The molecule has 80 valence electrons. The summed E-state index contributed by atoms with van der Waals surface area (Å²) >= 11 is 3.37. The Morgan fingerprint density at radius 1 is 1.71 bits per heavy atom. The minimum Gasteiger partial charge on any atom is -0.448 e. The first-order valence-electron chi connectivity index (χ1n) is 4.81. The molecule has 1 aliphatic heterocycles. The van der Waals surface area contributed by atoms with Gasteiger partial charge in [-0.3, -0.25) is 0 Å². The number of alkyl halides is 1. The van der Waals surface area contributed by atoms with E-state index >= 15 is 0 Å². The number of carbonyl (C=O) groups is 1. The van der Waals surface area contributed by atoms with Crippen LogP contribution in [0.15, 0.2) is 5.10 Å². The Morgan fingerprint density at radius 3 is 2.93 bits per heavy atom. The molecule has 1 unspecified atom stereocenters. The fourth-order valence-corrected chi connectivity index (χ4v) is 1.85. The summed E-state index contributed by atoms with van der Waals surface area (Å²) in [6.07, 6.45) is 1.39. The quantitative estimate of drug-likeness (QED) is 0.733. The number of ether oxygens (including phenoxy) is 1. The van der Waals surface area contributed by atoms with Gasteiger partial charge in [-0.05, 0) is 13.3 Å². The molecule has 1 rings (SSSR count). The highest BCUT2D eigenvalue weighted by Gasteiger charge is 2.30. The van der Waals surface area contributed by atoms with Crippen LogP contribution in [0.3, 0.4) is 0 Å². The van der Waals surface area contributed by atoms with Crippen molar-refractivity contribution in [3.05, 3.63) is 0 Å². The van der Waals surface area contributed by atoms with E-state index in [1.807, 2.05) is 6.92 Å². The molecule has 5 heteroatoms. The van der Waals surface area contributed by atoms with E-state index in [0.29, 0.717) is 6.61 Å². The van der Waals surface area contributed by atoms with Crippen LogP contribution in [0.1, 0.15) is 26.7 Å². The largest absolute Gasteiger partial charge is 0.448 e. The number of rotatable bonds is 3. The molecule has 1 heterocycles. The van der Waals surface area contributed by atoms with E-state index in [4.69, 9.17) is 4.74 Å². The Balaban J connectivity index is 2.64. The van der Waals surface area contributed by atoms with Crippen LogP contribution in [0.4, 0.5) is 4.79 Å². The number of hydrogen-bond donors (Lipinski definition) is 0. The van der Waals surface area contributed by atoms with Crippen LogP contribution < -0.4 is 0 Å². The second-order valence-corrected chi connectivity index (χ2v) is 3.72. The molecule has 1 aliphatic rings. The normalized spacial score (nSPS) is 20.9. The third-order valence-corrected chi connectivity index (χ3v) is 2.85. The van der Waals surface area contributed by atoms with Gasteiger partial charge in [0.1, 0.15) is 0 Å². The number of nitrogens with zero attached hydrogens (tertiary/aromatic N) is 2. The first-order valence-corrected chi connectivity index (χ1v) is 5.93. The van der Waals surface area contributed by atoms with Gasteiger partial charge in [0.25, 0.3) is 0 Å². The van der Waals surface area contributed by atoms with Crippen LogP contribution in [-0.4, -0.2) is 34.8 Å². The van der Waals surface area contributed by atoms with E-state index in [9.17, 15) is 4.79 Å². The first kappa shape index (κ1) is 11.5. The van der Waals surface area contributed by atoms with Crippen LogP contribution in [0.5, 0.6) is 0 Å². The third kappa shape index (κ3) is 2.47. The number of amides is 1. The van der Waals surface area contributed by atoms with E-state index in [1.54, 1.807) is 6.92 Å². The highest BCUT2D eigenvalue weighted by Crippen LogP contribution is 2.19. The van der Waals surface area contributed by atoms with Crippen LogP contribution in [0.2, 0.25) is 0 Å². The third-order valence-electron chi connectivity index (χ3n) is 2.11. The second kappa shape index (κ2) is 5.34. The Hall–Kier alpha value is -0.580. The molecule has 0 aromatic rings. The molecule has 1 atom stereocenters. The monoisotopic (exact) mass is 262 g/mol. The van der Waals surface area contributed by atoms with Crippen LogP contribution in [0, 0.1) is 0 Å². The van der Waals surface area contributed by atoms with E-state index in [-0.39, 0.29) is 12.1 Å². The lowest BCUT2D eigenvalue weighted by atomic mass is 10.1. The Labute approximate surface area is 92.4 Å². The first-order chi connectivity index (χ1) is 6.72. The highest BCUT2D eigenvalue weighted by molar-refractivity contribution is 9.09. The SMILES string of the molecule is CCOC(=O)N1N=C(CC)CC1CBr. The molecular weight excluding hydrogens is 248 g/mol. The second-order valence-electron chi connectivity index (χ2n) is 3.08. The van der Waals surface area contributed by atoms with E-state index in [0.717, 1.165) is 23.9 Å². The highest BCUT2D eigenvalue weighted by atomic mass is 79.9. The van der Waals surface area contributed by atoms with E-state index < -0.39 is 0 Å². The number of hydrazone groups is 1. The summed E-state index contributed by atoms with van der Waals surface area (Å²) in [6.45, 7) is 4.22. The van der Waals surface area contributed by atoms with Crippen molar-refractivity contribution >= 4 is 27.7 Å². The number of hydrogen-bond acceptors (Lipinski definition) is 3. The lowest BCUT2D eigenvalue weighted by Gasteiger charge is -2.18. The molecule has 0 aliphatic carbocycles. The van der Waals surface area contributed by atoms with Gasteiger partial charge in [0, 0.05) is 17.5 Å². The van der Waals surface area contributed by atoms with Gasteiger partial charge in [0.2, 0.25) is 0 Å². The summed E-state index contributed by atoms with van der Waals surface area (Å²) in [7, 11) is 0. The van der Waals surface area contributed by atoms with Crippen LogP contribution >= 0.6 is 15.9 Å². The molecule has 4 nitrogen and oxygen atoms in total. The Kier molecular flexibility index (Phi) is 4.38. The maximum absolute atomic E-state index is 11.5. The van der Waals surface area contributed by atoms with Gasteiger partial charge < -0.3 is 4.74 Å². The molecule has 0 saturated heterocycles. The molecule has 0 spiro atoms. The van der Waals surface area contributed by atoms with Crippen molar-refractivity contribution < 1.29 is 9.53 Å². The summed E-state index contributed by atoms with van der Waals surface area (Å²) in [6, 6.07) is 0.115. The molecule has 1 amide bonds. The topological polar surface area (TPSA) is 41.9 Å². The van der Waals surface area contributed by atoms with Gasteiger partial charge in [-0.15, -0.1) is 0 Å². The van der Waals surface area contributed by atoms with Crippen molar-refractivity contribution in [3.63, 3.8) is 0 Å². The predicted molar refractivity (Wildman–Crippen MR) is 58.8 cm³/mol. The summed E-state index contributed by atoms with van der Waals surface area (Å²) in [4.78, 5) is 11.5. The zero-order valence-corrected chi connectivity index (χ0v) is 10.1. The van der Waals surface area contributed by atoms with Crippen molar-refractivity contribution in [3.8, 4) is 0 Å². The fourth-order valence-electron chi connectivity index (χ4n) is 1.35. The smallest absolute Gasteiger partial charge is 0.430 e. The van der Waals surface area contributed by atoms with Gasteiger partial charge in [-0.1, -0.05) is 22.9 Å². The van der Waals surface area contributed by atoms with Crippen LogP contribution in [0.25, 0.3) is 0 Å². The summed E-state index contributed by atoms with van der Waals surface area (Å²) < 4.78 is 4.91. The molecule has 0 N–H and O–H groups in total. The van der Waals surface area contributed by atoms with Crippen molar-refractivity contribution in [2.24, 2.45) is 5.10 Å². The van der Waals surface area contributed by atoms with Gasteiger partial charge in [0.05, 0.1) is 12.6 Å². The maximum atomic E-state index is 11.5. The zero-order valence-electron chi connectivity index (χ0n) is 8.49. The standard InChI is InChI=1S/C9H15BrN2O2/c1-3-7-5-8(6-10)12(11-7)9(13)14-4-2/h8H,3-6H2,1-2H3. The molecule has 0 fully saturated rings. The summed E-state index contributed by atoms with van der Waals surface area (Å²) in [5, 5.41) is 6.40. The fraction of sp³-hybridized carbons (Fsp3) is 0.778. The van der Waals surface area contributed by atoms with Crippen molar-refractivity contribution in [2.45, 2.75) is 32.7 Å². The van der Waals surface area contributed by atoms with Crippen molar-refractivity contribution in [1.82, 2.24) is 5.01 Å². The Bertz CT molecular complexity index is 243. The lowest BCUT2D eigenvalue weighted by molar-refractivity contribution is 0.101. The van der Waals surface area contributed by atoms with Gasteiger partial charge >= 0.3 is 6.09 Å². The van der Waals surface area contributed by atoms with E-state index in [2.05, 4.69) is 21.0 Å².